The topological polar surface area (TPSA) is 43.4 Å². The molecule has 0 aliphatic heterocycles. The summed E-state index contributed by atoms with van der Waals surface area (Å²) in [6, 6.07) is 0. The molecule has 2 atom stereocenters. The molecular formula is C9H12O3. The monoisotopic (exact) mass is 168 g/mol. The minimum Gasteiger partial charge on any atom is -0.466 e. The van der Waals surface area contributed by atoms with E-state index in [1.165, 1.54) is 0 Å². The van der Waals surface area contributed by atoms with Gasteiger partial charge < -0.3 is 4.74 Å². The number of hydrogen-bond donors (Lipinski definition) is 0. The molecule has 2 aliphatic rings. The van der Waals surface area contributed by atoms with Crippen molar-refractivity contribution < 1.29 is 14.3 Å². The molecule has 0 spiro atoms. The Hall–Kier alpha value is -0.860. The fourth-order valence-electron chi connectivity index (χ4n) is 2.20. The van der Waals surface area contributed by atoms with E-state index in [0.717, 1.165) is 0 Å². The van der Waals surface area contributed by atoms with Crippen molar-refractivity contribution in [1.82, 2.24) is 0 Å². The van der Waals surface area contributed by atoms with E-state index in [-0.39, 0.29) is 11.9 Å². The Kier molecular flexibility index (Phi) is 1.67. The van der Waals surface area contributed by atoms with Crippen LogP contribution in [0.15, 0.2) is 0 Å². The van der Waals surface area contributed by atoms with E-state index in [2.05, 4.69) is 0 Å². The molecule has 0 radical (unpaired) electrons. The smallest absolute Gasteiger partial charge is 0.309 e. The summed E-state index contributed by atoms with van der Waals surface area (Å²) in [6.07, 6.45) is 1.21. The van der Waals surface area contributed by atoms with Crippen molar-refractivity contribution >= 4 is 11.8 Å². The van der Waals surface area contributed by atoms with Gasteiger partial charge in [0, 0.05) is 12.8 Å². The first kappa shape index (κ1) is 7.77. The number of rotatable bonds is 2. The van der Waals surface area contributed by atoms with E-state index >= 15 is 0 Å². The van der Waals surface area contributed by atoms with E-state index in [9.17, 15) is 9.59 Å². The van der Waals surface area contributed by atoms with Gasteiger partial charge in [0.25, 0.3) is 0 Å². The quantitative estimate of drug-likeness (QED) is 0.572. The molecule has 12 heavy (non-hydrogen) atoms. The van der Waals surface area contributed by atoms with E-state index in [0.29, 0.717) is 37.1 Å². The molecule has 2 saturated carbocycles. The van der Waals surface area contributed by atoms with Crippen LogP contribution in [0.2, 0.25) is 0 Å². The summed E-state index contributed by atoms with van der Waals surface area (Å²) in [5.74, 6) is 0.932. The van der Waals surface area contributed by atoms with E-state index in [1.807, 2.05) is 0 Å². The zero-order valence-electron chi connectivity index (χ0n) is 7.08. The SMILES string of the molecule is CCOC(=O)C1[C@@H]2CC(=O)C[C@@H]12. The molecule has 2 fully saturated rings. The number of ether oxygens (including phenoxy) is 1. The maximum absolute atomic E-state index is 11.2. The van der Waals surface area contributed by atoms with Crippen molar-refractivity contribution in [3.05, 3.63) is 0 Å². The lowest BCUT2D eigenvalue weighted by molar-refractivity contribution is -0.145. The van der Waals surface area contributed by atoms with Crippen LogP contribution in [-0.2, 0) is 14.3 Å². The van der Waals surface area contributed by atoms with E-state index < -0.39 is 0 Å². The molecule has 0 heterocycles. The highest BCUT2D eigenvalue weighted by Crippen LogP contribution is 2.56. The minimum absolute atomic E-state index is 0.0580. The number of Topliss-reactive ketones (excluding diaryl/α,β-unsaturated/α-hetero) is 1. The lowest BCUT2D eigenvalue weighted by Crippen LogP contribution is -2.12. The molecule has 0 aromatic carbocycles. The van der Waals surface area contributed by atoms with Crippen LogP contribution in [0, 0.1) is 17.8 Å². The van der Waals surface area contributed by atoms with Gasteiger partial charge in [-0.15, -0.1) is 0 Å². The van der Waals surface area contributed by atoms with Gasteiger partial charge in [-0.1, -0.05) is 0 Å². The van der Waals surface area contributed by atoms with Crippen LogP contribution in [0.25, 0.3) is 0 Å². The molecule has 0 N–H and O–H groups in total. The average molecular weight is 168 g/mol. The molecule has 0 aromatic heterocycles. The average Bonchev–Trinajstić information content (AvgIpc) is 2.51. The van der Waals surface area contributed by atoms with Crippen molar-refractivity contribution in [1.29, 1.82) is 0 Å². The Morgan fingerprint density at radius 2 is 2.08 bits per heavy atom. The summed E-state index contributed by atoms with van der Waals surface area (Å²) >= 11 is 0. The number of esters is 1. The Balaban J connectivity index is 1.89. The largest absolute Gasteiger partial charge is 0.466 e. The second kappa shape index (κ2) is 2.57. The van der Waals surface area contributed by atoms with Crippen LogP contribution in [0.5, 0.6) is 0 Å². The van der Waals surface area contributed by atoms with Crippen LogP contribution in [0.4, 0.5) is 0 Å². The Morgan fingerprint density at radius 3 is 2.58 bits per heavy atom. The normalized spacial score (nSPS) is 37.8. The van der Waals surface area contributed by atoms with Gasteiger partial charge >= 0.3 is 5.97 Å². The fraction of sp³-hybridized carbons (Fsp3) is 0.778. The second-order valence-electron chi connectivity index (χ2n) is 3.55. The molecule has 3 nitrogen and oxygen atoms in total. The summed E-state index contributed by atoms with van der Waals surface area (Å²) in [4.78, 5) is 22.0. The van der Waals surface area contributed by atoms with Gasteiger partial charge in [-0.25, -0.2) is 0 Å². The Morgan fingerprint density at radius 1 is 1.50 bits per heavy atom. The number of hydrogen-bond acceptors (Lipinski definition) is 3. The van der Waals surface area contributed by atoms with Crippen molar-refractivity contribution in [2.45, 2.75) is 19.8 Å². The zero-order valence-corrected chi connectivity index (χ0v) is 7.08. The van der Waals surface area contributed by atoms with Gasteiger partial charge in [0.2, 0.25) is 0 Å². The summed E-state index contributed by atoms with van der Waals surface area (Å²) in [6.45, 7) is 2.25. The molecule has 66 valence electrons. The third-order valence-electron chi connectivity index (χ3n) is 2.82. The van der Waals surface area contributed by atoms with Crippen LogP contribution >= 0.6 is 0 Å². The molecule has 0 bridgehead atoms. The highest BCUT2D eigenvalue weighted by molar-refractivity contribution is 5.88. The summed E-state index contributed by atoms with van der Waals surface area (Å²) < 4.78 is 4.89. The second-order valence-corrected chi connectivity index (χ2v) is 3.55. The Labute approximate surface area is 71.1 Å². The third-order valence-corrected chi connectivity index (χ3v) is 2.82. The van der Waals surface area contributed by atoms with Crippen molar-refractivity contribution in [2.24, 2.45) is 17.8 Å². The Bertz CT molecular complexity index is 220. The lowest BCUT2D eigenvalue weighted by Gasteiger charge is -2.01. The number of carbonyl (C=O) groups excluding carboxylic acids is 2. The molecule has 2 rings (SSSR count). The van der Waals surface area contributed by atoms with E-state index in [4.69, 9.17) is 4.74 Å². The molecule has 0 amide bonds. The molecule has 0 aromatic rings. The summed E-state index contributed by atoms with van der Waals surface area (Å²) in [5, 5.41) is 0. The first-order valence-electron chi connectivity index (χ1n) is 4.42. The van der Waals surface area contributed by atoms with Gasteiger partial charge in [-0.05, 0) is 18.8 Å². The molecule has 2 aliphatic carbocycles. The fourth-order valence-corrected chi connectivity index (χ4v) is 2.20. The van der Waals surface area contributed by atoms with Gasteiger partial charge in [0.15, 0.2) is 0 Å². The third kappa shape index (κ3) is 1.04. The van der Waals surface area contributed by atoms with Gasteiger partial charge in [-0.3, -0.25) is 9.59 Å². The van der Waals surface area contributed by atoms with Gasteiger partial charge in [0.05, 0.1) is 12.5 Å². The maximum Gasteiger partial charge on any atom is 0.309 e. The van der Waals surface area contributed by atoms with Crippen LogP contribution in [-0.4, -0.2) is 18.4 Å². The predicted octanol–water partition coefficient (Wildman–Crippen LogP) is 0.775. The number of carbonyl (C=O) groups is 2. The molecule has 0 unspecified atom stereocenters. The van der Waals surface area contributed by atoms with Crippen LogP contribution in [0.1, 0.15) is 19.8 Å². The number of ketones is 1. The predicted molar refractivity (Wildman–Crippen MR) is 41.3 cm³/mol. The maximum atomic E-state index is 11.2. The number of fused-ring (bicyclic) bond motifs is 1. The van der Waals surface area contributed by atoms with Gasteiger partial charge in [0.1, 0.15) is 5.78 Å². The molecular weight excluding hydrogens is 156 g/mol. The van der Waals surface area contributed by atoms with Crippen molar-refractivity contribution in [3.63, 3.8) is 0 Å². The highest BCUT2D eigenvalue weighted by Gasteiger charge is 2.60. The summed E-state index contributed by atoms with van der Waals surface area (Å²) in [5.41, 5.74) is 0. The van der Waals surface area contributed by atoms with Gasteiger partial charge in [-0.2, -0.15) is 0 Å². The highest BCUT2D eigenvalue weighted by atomic mass is 16.5. The first-order valence-corrected chi connectivity index (χ1v) is 4.42. The minimum atomic E-state index is -0.0972. The summed E-state index contributed by atoms with van der Waals surface area (Å²) in [7, 11) is 0. The van der Waals surface area contributed by atoms with Crippen molar-refractivity contribution in [2.75, 3.05) is 6.61 Å². The lowest BCUT2D eigenvalue weighted by atomic mass is 10.1. The standard InChI is InChI=1S/C9H12O3/c1-2-12-9(11)8-6-3-5(10)4-7(6)8/h6-8H,2-4H2,1H3/t6-,7-/m1/s1. The van der Waals surface area contributed by atoms with Crippen LogP contribution in [0.3, 0.4) is 0 Å². The molecule has 0 saturated heterocycles. The molecule has 3 heteroatoms. The van der Waals surface area contributed by atoms with Crippen molar-refractivity contribution in [3.8, 4) is 0 Å². The first-order chi connectivity index (χ1) is 5.74. The van der Waals surface area contributed by atoms with E-state index in [1.54, 1.807) is 6.92 Å². The zero-order chi connectivity index (χ0) is 8.72. The van der Waals surface area contributed by atoms with Crippen LogP contribution < -0.4 is 0 Å².